The van der Waals surface area contributed by atoms with E-state index >= 15 is 0 Å². The Balaban J connectivity index is 1.58. The molecule has 0 aromatic heterocycles. The number of nitrogens with zero attached hydrogens (tertiary/aromatic N) is 5. The summed E-state index contributed by atoms with van der Waals surface area (Å²) in [6.07, 6.45) is 3.41. The van der Waals surface area contributed by atoms with E-state index in [1.54, 1.807) is 11.9 Å². The number of benzene rings is 1. The van der Waals surface area contributed by atoms with Crippen molar-refractivity contribution in [2.45, 2.75) is 18.9 Å². The van der Waals surface area contributed by atoms with E-state index in [0.717, 1.165) is 57.8 Å². The van der Waals surface area contributed by atoms with Crippen LogP contribution in [0.5, 0.6) is 0 Å². The first-order chi connectivity index (χ1) is 14.0. The lowest BCUT2D eigenvalue weighted by molar-refractivity contribution is -0.128. The van der Waals surface area contributed by atoms with Gasteiger partial charge < -0.3 is 24.9 Å². The van der Waals surface area contributed by atoms with Crippen LogP contribution in [0.4, 0.5) is 11.4 Å². The molecule has 2 saturated heterocycles. The first-order valence-electron chi connectivity index (χ1n) is 10.3. The van der Waals surface area contributed by atoms with E-state index in [1.165, 1.54) is 11.9 Å². The highest BCUT2D eigenvalue weighted by molar-refractivity contribution is 5.97. The van der Waals surface area contributed by atoms with Crippen molar-refractivity contribution in [3.8, 4) is 6.07 Å². The minimum absolute atomic E-state index is 0.134. The SMILES string of the molecule is CN1CCC(N(C)C(=O)/C(C#N)=C\Nc2ccc(N3CCN(C)CC3)cc2)CC1. The lowest BCUT2D eigenvalue weighted by Crippen LogP contribution is -2.44. The van der Waals surface area contributed by atoms with Crippen LogP contribution in [0.25, 0.3) is 0 Å². The highest BCUT2D eigenvalue weighted by atomic mass is 16.2. The molecule has 1 aromatic rings. The number of carbonyl (C=O) groups is 1. The molecule has 0 atom stereocenters. The second-order valence-electron chi connectivity index (χ2n) is 8.10. The summed E-state index contributed by atoms with van der Waals surface area (Å²) in [5.74, 6) is -0.219. The summed E-state index contributed by atoms with van der Waals surface area (Å²) < 4.78 is 0. The van der Waals surface area contributed by atoms with Gasteiger partial charge in [0.1, 0.15) is 11.6 Å². The maximum atomic E-state index is 12.7. The standard InChI is InChI=1S/C22H32N6O/c1-25-10-8-20(9-11-25)27(3)22(29)18(16-23)17-24-19-4-6-21(7-5-19)28-14-12-26(2)13-15-28/h4-7,17,20,24H,8-15H2,1-3H3/b18-17-. The molecule has 29 heavy (non-hydrogen) atoms. The van der Waals surface area contributed by atoms with Crippen LogP contribution in [0.3, 0.4) is 0 Å². The van der Waals surface area contributed by atoms with Crippen molar-refractivity contribution in [2.24, 2.45) is 0 Å². The Morgan fingerprint density at radius 3 is 2.24 bits per heavy atom. The second-order valence-corrected chi connectivity index (χ2v) is 8.10. The summed E-state index contributed by atoms with van der Waals surface area (Å²) in [5.41, 5.74) is 2.20. The van der Waals surface area contributed by atoms with Crippen molar-refractivity contribution < 1.29 is 4.79 Å². The van der Waals surface area contributed by atoms with Crippen LogP contribution in [0.2, 0.25) is 0 Å². The summed E-state index contributed by atoms with van der Waals surface area (Å²) in [6.45, 7) is 6.15. The van der Waals surface area contributed by atoms with E-state index in [0.29, 0.717) is 0 Å². The van der Waals surface area contributed by atoms with E-state index in [-0.39, 0.29) is 17.5 Å². The fourth-order valence-corrected chi connectivity index (χ4v) is 3.87. The van der Waals surface area contributed by atoms with Gasteiger partial charge in [0.2, 0.25) is 0 Å². The monoisotopic (exact) mass is 396 g/mol. The molecule has 2 aliphatic heterocycles. The third kappa shape index (κ3) is 5.49. The predicted molar refractivity (Wildman–Crippen MR) is 117 cm³/mol. The van der Waals surface area contributed by atoms with Crippen molar-refractivity contribution >= 4 is 17.3 Å². The van der Waals surface area contributed by atoms with Gasteiger partial charge in [0.15, 0.2) is 0 Å². The van der Waals surface area contributed by atoms with E-state index in [4.69, 9.17) is 0 Å². The zero-order valence-electron chi connectivity index (χ0n) is 17.8. The molecule has 0 saturated carbocycles. The number of rotatable bonds is 5. The topological polar surface area (TPSA) is 65.9 Å². The Kier molecular flexibility index (Phi) is 7.13. The van der Waals surface area contributed by atoms with Crippen LogP contribution < -0.4 is 10.2 Å². The van der Waals surface area contributed by atoms with Gasteiger partial charge in [-0.1, -0.05) is 0 Å². The van der Waals surface area contributed by atoms with Gasteiger partial charge in [0.25, 0.3) is 5.91 Å². The molecule has 1 aromatic carbocycles. The van der Waals surface area contributed by atoms with Crippen LogP contribution in [-0.2, 0) is 4.79 Å². The average molecular weight is 397 g/mol. The van der Waals surface area contributed by atoms with Crippen LogP contribution in [0.1, 0.15) is 12.8 Å². The summed E-state index contributed by atoms with van der Waals surface area (Å²) >= 11 is 0. The largest absolute Gasteiger partial charge is 0.369 e. The number of piperidine rings is 1. The van der Waals surface area contributed by atoms with Gasteiger partial charge in [0, 0.05) is 56.8 Å². The third-order valence-corrected chi connectivity index (χ3v) is 6.03. The molecular weight excluding hydrogens is 364 g/mol. The van der Waals surface area contributed by atoms with Crippen molar-refractivity contribution in [1.82, 2.24) is 14.7 Å². The third-order valence-electron chi connectivity index (χ3n) is 6.03. The summed E-state index contributed by atoms with van der Waals surface area (Å²) in [5, 5.41) is 12.6. The first kappa shape index (κ1) is 21.2. The number of likely N-dealkylation sites (N-methyl/N-ethyl adjacent to an activating group) is 2. The maximum absolute atomic E-state index is 12.7. The van der Waals surface area contributed by atoms with Gasteiger partial charge in [-0.3, -0.25) is 4.79 Å². The molecule has 7 heteroatoms. The molecule has 0 spiro atoms. The zero-order valence-corrected chi connectivity index (χ0v) is 17.8. The Labute approximate surface area is 174 Å². The summed E-state index contributed by atoms with van der Waals surface area (Å²) in [4.78, 5) is 21.4. The molecular formula is C22H32N6O. The van der Waals surface area contributed by atoms with E-state index in [1.807, 2.05) is 12.1 Å². The Morgan fingerprint density at radius 2 is 1.66 bits per heavy atom. The number of amides is 1. The molecule has 0 unspecified atom stereocenters. The molecule has 1 amide bonds. The molecule has 2 aliphatic rings. The lowest BCUT2D eigenvalue weighted by atomic mass is 10.0. The quantitative estimate of drug-likeness (QED) is 0.605. The number of piperazine rings is 1. The number of nitriles is 1. The highest BCUT2D eigenvalue weighted by Gasteiger charge is 2.25. The normalized spacial score (nSPS) is 19.7. The van der Waals surface area contributed by atoms with E-state index in [2.05, 4.69) is 52.3 Å². The van der Waals surface area contributed by atoms with Crippen LogP contribution in [-0.4, -0.2) is 87.1 Å². The molecule has 1 N–H and O–H groups in total. The fourth-order valence-electron chi connectivity index (χ4n) is 3.87. The Hall–Kier alpha value is -2.56. The van der Waals surface area contributed by atoms with Crippen molar-refractivity contribution in [3.05, 3.63) is 36.0 Å². The van der Waals surface area contributed by atoms with Gasteiger partial charge in [0.05, 0.1) is 0 Å². The number of hydrogen-bond acceptors (Lipinski definition) is 6. The molecule has 2 fully saturated rings. The van der Waals surface area contributed by atoms with Gasteiger partial charge >= 0.3 is 0 Å². The molecule has 156 valence electrons. The molecule has 0 aliphatic carbocycles. The Morgan fingerprint density at radius 1 is 1.07 bits per heavy atom. The first-order valence-corrected chi connectivity index (χ1v) is 10.3. The Bertz CT molecular complexity index is 753. The second kappa shape index (κ2) is 9.77. The van der Waals surface area contributed by atoms with Crippen LogP contribution >= 0.6 is 0 Å². The average Bonchev–Trinajstić information content (AvgIpc) is 2.75. The molecule has 3 rings (SSSR count). The van der Waals surface area contributed by atoms with Crippen LogP contribution in [0, 0.1) is 11.3 Å². The summed E-state index contributed by atoms with van der Waals surface area (Å²) in [6, 6.07) is 10.4. The lowest BCUT2D eigenvalue weighted by Gasteiger charge is -2.35. The highest BCUT2D eigenvalue weighted by Crippen LogP contribution is 2.20. The van der Waals surface area contributed by atoms with Crippen molar-refractivity contribution in [1.29, 1.82) is 5.26 Å². The van der Waals surface area contributed by atoms with Crippen molar-refractivity contribution in [2.75, 3.05) is 70.6 Å². The number of carbonyl (C=O) groups excluding carboxylic acids is 1. The molecule has 2 heterocycles. The maximum Gasteiger partial charge on any atom is 0.266 e. The predicted octanol–water partition coefficient (Wildman–Crippen LogP) is 1.81. The van der Waals surface area contributed by atoms with Gasteiger partial charge in [-0.15, -0.1) is 0 Å². The minimum Gasteiger partial charge on any atom is -0.369 e. The van der Waals surface area contributed by atoms with E-state index < -0.39 is 0 Å². The molecule has 0 radical (unpaired) electrons. The fraction of sp³-hybridized carbons (Fsp3) is 0.545. The number of nitrogens with one attached hydrogen (secondary N) is 1. The van der Waals surface area contributed by atoms with Gasteiger partial charge in [-0.05, 0) is 64.3 Å². The molecule has 0 bridgehead atoms. The minimum atomic E-state index is -0.219. The number of anilines is 2. The number of hydrogen-bond donors (Lipinski definition) is 1. The zero-order chi connectivity index (χ0) is 20.8. The van der Waals surface area contributed by atoms with Crippen LogP contribution in [0.15, 0.2) is 36.0 Å². The molecule has 7 nitrogen and oxygen atoms in total. The summed E-state index contributed by atoms with van der Waals surface area (Å²) in [7, 11) is 6.04. The van der Waals surface area contributed by atoms with E-state index in [9.17, 15) is 10.1 Å². The smallest absolute Gasteiger partial charge is 0.266 e. The van der Waals surface area contributed by atoms with Gasteiger partial charge in [-0.25, -0.2) is 0 Å². The van der Waals surface area contributed by atoms with Gasteiger partial charge in [-0.2, -0.15) is 5.26 Å². The number of likely N-dealkylation sites (tertiary alicyclic amines) is 1. The van der Waals surface area contributed by atoms with Crippen molar-refractivity contribution in [3.63, 3.8) is 0 Å².